The number of sulfone groups is 1. The molecule has 1 aromatic heterocycles. The molecule has 1 saturated heterocycles. The standard InChI is InChI=1S/C30H36N2O7S2/c1-22-5-3-4-6-29(22)39-24-9-13-28(14-10-24)41(36,37)31-18-15-25(16-19-31)38-26-17-20-32(30(33)21-26)23-7-11-27(12-8-23)40(2,34)35/h6-7,9-11,13-14,17,20-22,25H,3-5,8,12,15-16,18-19H2,1-2H3. The molecule has 5 rings (SSSR count). The molecule has 11 heteroatoms. The van der Waals surface area contributed by atoms with Crippen LogP contribution in [0.2, 0.25) is 0 Å². The third-order valence-corrected chi connectivity index (χ3v) is 11.0. The molecule has 0 bridgehead atoms. The molecular weight excluding hydrogens is 564 g/mol. The SMILES string of the molecule is CC1CCCC=C1Oc1ccc(S(=O)(=O)N2CCC(Oc3ccn(C4=CC=C(S(C)(=O)=O)CC4)c(=O)c3)CC2)cc1. The predicted molar refractivity (Wildman–Crippen MR) is 158 cm³/mol. The van der Waals surface area contributed by atoms with Crippen LogP contribution >= 0.6 is 0 Å². The van der Waals surface area contributed by atoms with Crippen LogP contribution in [0.4, 0.5) is 0 Å². The first kappa shape index (κ1) is 29.3. The first-order valence-corrected chi connectivity index (χ1v) is 17.3. The number of hydrogen-bond donors (Lipinski definition) is 0. The molecule has 1 unspecified atom stereocenters. The molecule has 1 atom stereocenters. The second-order valence-electron chi connectivity index (χ2n) is 10.9. The van der Waals surface area contributed by atoms with Crippen molar-refractivity contribution in [3.8, 4) is 11.5 Å². The summed E-state index contributed by atoms with van der Waals surface area (Å²) >= 11 is 0. The normalized spacial score (nSPS) is 21.0. The van der Waals surface area contributed by atoms with Gasteiger partial charge in [0.25, 0.3) is 5.56 Å². The number of allylic oxidation sites excluding steroid dienone is 6. The zero-order valence-electron chi connectivity index (χ0n) is 23.4. The number of ether oxygens (including phenoxy) is 2. The molecule has 41 heavy (non-hydrogen) atoms. The summed E-state index contributed by atoms with van der Waals surface area (Å²) in [6, 6.07) is 9.71. The van der Waals surface area contributed by atoms with Gasteiger partial charge in [0, 0.05) is 48.1 Å². The van der Waals surface area contributed by atoms with Crippen molar-refractivity contribution in [3.63, 3.8) is 0 Å². The van der Waals surface area contributed by atoms with Crippen molar-refractivity contribution < 1.29 is 26.3 Å². The van der Waals surface area contributed by atoms with Gasteiger partial charge in [0.1, 0.15) is 23.4 Å². The lowest BCUT2D eigenvalue weighted by molar-refractivity contribution is 0.135. The number of hydrogen-bond acceptors (Lipinski definition) is 7. The van der Waals surface area contributed by atoms with Gasteiger partial charge in [-0.3, -0.25) is 9.36 Å². The Morgan fingerprint density at radius 1 is 0.902 bits per heavy atom. The Bertz CT molecular complexity index is 1640. The Kier molecular flexibility index (Phi) is 8.58. The Hall–Kier alpha value is -3.15. The van der Waals surface area contributed by atoms with Crippen LogP contribution in [0, 0.1) is 5.92 Å². The van der Waals surface area contributed by atoms with Gasteiger partial charge in [0.05, 0.1) is 4.90 Å². The second kappa shape index (κ2) is 12.0. The second-order valence-corrected chi connectivity index (χ2v) is 14.9. The van der Waals surface area contributed by atoms with Gasteiger partial charge in [-0.15, -0.1) is 0 Å². The molecule has 1 aromatic carbocycles. The summed E-state index contributed by atoms with van der Waals surface area (Å²) in [4.78, 5) is 13.3. The fourth-order valence-corrected chi connectivity index (χ4v) is 7.65. The number of sulfonamides is 1. The Morgan fingerprint density at radius 3 is 2.24 bits per heavy atom. The van der Waals surface area contributed by atoms with E-state index in [9.17, 15) is 21.6 Å². The van der Waals surface area contributed by atoms with Crippen molar-refractivity contribution in [1.82, 2.24) is 8.87 Å². The predicted octanol–water partition coefficient (Wildman–Crippen LogP) is 4.73. The van der Waals surface area contributed by atoms with Crippen LogP contribution in [-0.4, -0.2) is 51.2 Å². The van der Waals surface area contributed by atoms with E-state index in [1.807, 2.05) is 0 Å². The fraction of sp³-hybridized carbons (Fsp3) is 0.433. The smallest absolute Gasteiger partial charge is 0.258 e. The van der Waals surface area contributed by atoms with E-state index in [1.54, 1.807) is 48.7 Å². The van der Waals surface area contributed by atoms with E-state index < -0.39 is 19.9 Å². The van der Waals surface area contributed by atoms with Crippen molar-refractivity contribution in [3.05, 3.63) is 81.8 Å². The monoisotopic (exact) mass is 600 g/mol. The van der Waals surface area contributed by atoms with E-state index in [2.05, 4.69) is 13.0 Å². The van der Waals surface area contributed by atoms with Gasteiger partial charge in [-0.25, -0.2) is 16.8 Å². The molecule has 0 amide bonds. The maximum absolute atomic E-state index is 13.3. The average Bonchev–Trinajstić information content (AvgIpc) is 2.95. The van der Waals surface area contributed by atoms with E-state index in [-0.39, 0.29) is 16.6 Å². The summed E-state index contributed by atoms with van der Waals surface area (Å²) in [7, 11) is -6.89. The van der Waals surface area contributed by atoms with E-state index in [0.717, 1.165) is 25.0 Å². The van der Waals surface area contributed by atoms with Gasteiger partial charge in [0.2, 0.25) is 10.0 Å². The molecular formula is C30H36N2O7S2. The molecule has 0 spiro atoms. The van der Waals surface area contributed by atoms with Gasteiger partial charge in [-0.2, -0.15) is 4.31 Å². The highest BCUT2D eigenvalue weighted by Crippen LogP contribution is 2.29. The van der Waals surface area contributed by atoms with Crippen LogP contribution in [0.15, 0.2) is 81.2 Å². The summed E-state index contributed by atoms with van der Waals surface area (Å²) in [6.45, 7) is 2.76. The molecule has 9 nitrogen and oxygen atoms in total. The van der Waals surface area contributed by atoms with E-state index in [4.69, 9.17) is 9.47 Å². The van der Waals surface area contributed by atoms with Gasteiger partial charge in [0.15, 0.2) is 9.84 Å². The lowest BCUT2D eigenvalue weighted by atomic mass is 9.96. The highest BCUT2D eigenvalue weighted by atomic mass is 32.2. The minimum atomic E-state index is -3.65. The van der Waals surface area contributed by atoms with Gasteiger partial charge in [-0.05, 0) is 93.5 Å². The summed E-state index contributed by atoms with van der Waals surface area (Å²) in [6.07, 6.45) is 13.0. The number of rotatable bonds is 8. The zero-order valence-corrected chi connectivity index (χ0v) is 25.0. The maximum Gasteiger partial charge on any atom is 0.258 e. The summed E-state index contributed by atoms with van der Waals surface area (Å²) in [5, 5.41) is 0. The molecule has 2 aliphatic carbocycles. The highest BCUT2D eigenvalue weighted by molar-refractivity contribution is 7.94. The zero-order chi connectivity index (χ0) is 29.2. The minimum Gasteiger partial charge on any atom is -0.490 e. The van der Waals surface area contributed by atoms with Crippen molar-refractivity contribution in [1.29, 1.82) is 0 Å². The number of aromatic nitrogens is 1. The van der Waals surface area contributed by atoms with Crippen molar-refractivity contribution in [2.24, 2.45) is 5.92 Å². The molecule has 2 aromatic rings. The third-order valence-electron chi connectivity index (χ3n) is 7.84. The molecule has 0 N–H and O–H groups in total. The molecule has 0 radical (unpaired) electrons. The molecule has 1 fully saturated rings. The third kappa shape index (κ3) is 6.85. The maximum atomic E-state index is 13.3. The van der Waals surface area contributed by atoms with Crippen molar-refractivity contribution in [2.75, 3.05) is 19.3 Å². The number of nitrogens with zero attached hydrogens (tertiary/aromatic N) is 2. The Labute approximate surface area is 241 Å². The topological polar surface area (TPSA) is 112 Å². The van der Waals surface area contributed by atoms with Crippen LogP contribution in [0.5, 0.6) is 11.5 Å². The number of benzene rings is 1. The van der Waals surface area contributed by atoms with E-state index in [0.29, 0.717) is 66.8 Å². The minimum absolute atomic E-state index is 0.215. The van der Waals surface area contributed by atoms with E-state index >= 15 is 0 Å². The molecule has 3 aliphatic rings. The van der Waals surface area contributed by atoms with Crippen LogP contribution in [0.25, 0.3) is 5.70 Å². The largest absolute Gasteiger partial charge is 0.490 e. The lowest BCUT2D eigenvalue weighted by Gasteiger charge is -2.31. The average molecular weight is 601 g/mol. The molecule has 2 heterocycles. The fourth-order valence-electron chi connectivity index (χ4n) is 5.39. The van der Waals surface area contributed by atoms with Crippen LogP contribution < -0.4 is 15.0 Å². The van der Waals surface area contributed by atoms with Crippen LogP contribution in [0.3, 0.4) is 0 Å². The Morgan fingerprint density at radius 2 is 1.63 bits per heavy atom. The molecule has 1 aliphatic heterocycles. The lowest BCUT2D eigenvalue weighted by Crippen LogP contribution is -2.41. The van der Waals surface area contributed by atoms with Gasteiger partial charge < -0.3 is 9.47 Å². The summed E-state index contributed by atoms with van der Waals surface area (Å²) in [5.41, 5.74) is 0.444. The van der Waals surface area contributed by atoms with E-state index in [1.165, 1.54) is 21.2 Å². The first-order valence-electron chi connectivity index (χ1n) is 14.0. The van der Waals surface area contributed by atoms with Crippen molar-refractivity contribution >= 4 is 25.6 Å². The molecule has 220 valence electrons. The quantitative estimate of drug-likeness (QED) is 0.431. The Balaban J connectivity index is 1.17. The first-order chi connectivity index (χ1) is 19.5. The van der Waals surface area contributed by atoms with Crippen LogP contribution in [0.1, 0.15) is 51.9 Å². The molecule has 0 saturated carbocycles. The summed E-state index contributed by atoms with van der Waals surface area (Å²) in [5.74, 6) is 2.36. The number of pyridine rings is 1. The number of piperidine rings is 1. The summed E-state index contributed by atoms with van der Waals surface area (Å²) < 4.78 is 65.0. The van der Waals surface area contributed by atoms with Crippen molar-refractivity contribution in [2.45, 2.75) is 62.9 Å². The van der Waals surface area contributed by atoms with Gasteiger partial charge in [-0.1, -0.05) is 6.92 Å². The highest BCUT2D eigenvalue weighted by Gasteiger charge is 2.30. The van der Waals surface area contributed by atoms with Gasteiger partial charge >= 0.3 is 0 Å². The van der Waals surface area contributed by atoms with Crippen LogP contribution in [-0.2, 0) is 19.9 Å².